The van der Waals surface area contributed by atoms with Gasteiger partial charge in [0.1, 0.15) is 0 Å². The van der Waals surface area contributed by atoms with Crippen molar-refractivity contribution in [3.05, 3.63) is 0 Å². The lowest BCUT2D eigenvalue weighted by Crippen LogP contribution is -2.58. The average Bonchev–Trinajstić information content (AvgIpc) is 1.60. The minimum absolute atomic E-state index is 0.325. The monoisotopic (exact) mass is 128 g/mol. The van der Waals surface area contributed by atoms with E-state index in [2.05, 4.69) is 24.5 Å². The molecule has 2 N–H and O–H groups in total. The van der Waals surface area contributed by atoms with Gasteiger partial charge in [-0.25, -0.2) is 0 Å². The summed E-state index contributed by atoms with van der Waals surface area (Å²) >= 11 is 0. The highest BCUT2D eigenvalue weighted by Gasteiger charge is 2.31. The Bertz CT molecular complexity index is 95.1. The second kappa shape index (κ2) is 2.27. The summed E-state index contributed by atoms with van der Waals surface area (Å²) in [4.78, 5) is 0. The van der Waals surface area contributed by atoms with Gasteiger partial charge >= 0.3 is 0 Å². The zero-order valence-electron chi connectivity index (χ0n) is 6.49. The molecule has 1 rings (SSSR count). The Labute approximate surface area is 57.0 Å². The Morgan fingerprint density at radius 2 is 2.00 bits per heavy atom. The summed E-state index contributed by atoms with van der Waals surface area (Å²) in [7, 11) is 2.03. The van der Waals surface area contributed by atoms with E-state index in [4.69, 9.17) is 0 Å². The summed E-state index contributed by atoms with van der Waals surface area (Å²) in [6, 6.07) is 0. The van der Waals surface area contributed by atoms with Gasteiger partial charge in [0.2, 0.25) is 0 Å². The quantitative estimate of drug-likeness (QED) is 0.555. The van der Waals surface area contributed by atoms with Crippen molar-refractivity contribution < 1.29 is 0 Å². The van der Waals surface area contributed by atoms with E-state index in [1.807, 2.05) is 7.05 Å². The van der Waals surface area contributed by atoms with E-state index in [1.165, 1.54) is 13.1 Å². The fourth-order valence-corrected chi connectivity index (χ4v) is 1.00. The van der Waals surface area contributed by atoms with Gasteiger partial charge in [-0.15, -0.1) is 0 Å². The Balaban J connectivity index is 2.37. The molecule has 1 aliphatic rings. The van der Waals surface area contributed by atoms with Crippen molar-refractivity contribution in [3.63, 3.8) is 0 Å². The topological polar surface area (TPSA) is 24.1 Å². The van der Waals surface area contributed by atoms with Crippen molar-refractivity contribution in [2.75, 3.05) is 20.1 Å². The van der Waals surface area contributed by atoms with Crippen LogP contribution in [-0.2, 0) is 0 Å². The maximum Gasteiger partial charge on any atom is 0.0174 e. The molecule has 0 aromatic heterocycles. The molecule has 2 nitrogen and oxygen atoms in total. The third kappa shape index (κ3) is 1.25. The van der Waals surface area contributed by atoms with Crippen LogP contribution in [0.3, 0.4) is 0 Å². The molecule has 2 heteroatoms. The first-order chi connectivity index (χ1) is 4.17. The van der Waals surface area contributed by atoms with E-state index < -0.39 is 0 Å². The smallest absolute Gasteiger partial charge is 0.0174 e. The molecule has 0 spiro atoms. The van der Waals surface area contributed by atoms with Gasteiger partial charge in [0, 0.05) is 24.5 Å². The van der Waals surface area contributed by atoms with Gasteiger partial charge in [-0.1, -0.05) is 0 Å². The van der Waals surface area contributed by atoms with Gasteiger partial charge < -0.3 is 10.6 Å². The zero-order valence-corrected chi connectivity index (χ0v) is 6.49. The molecule has 1 aliphatic heterocycles. The van der Waals surface area contributed by atoms with E-state index in [1.54, 1.807) is 0 Å². The summed E-state index contributed by atoms with van der Waals surface area (Å²) in [5.74, 6) is 0.822. The first-order valence-corrected chi connectivity index (χ1v) is 3.56. The SMILES string of the molecule is CNC(C)(C)C1CNC1. The molecule has 0 aromatic rings. The van der Waals surface area contributed by atoms with E-state index in [-0.39, 0.29) is 0 Å². The summed E-state index contributed by atoms with van der Waals surface area (Å²) in [5.41, 5.74) is 0.325. The number of hydrogen-bond donors (Lipinski definition) is 2. The first kappa shape index (κ1) is 7.03. The highest BCUT2D eigenvalue weighted by atomic mass is 15.0. The predicted octanol–water partition coefficient (Wildman–Crippen LogP) is 0.204. The molecule has 0 aromatic carbocycles. The van der Waals surface area contributed by atoms with Crippen LogP contribution in [0.1, 0.15) is 13.8 Å². The molecule has 0 atom stereocenters. The minimum Gasteiger partial charge on any atom is -0.316 e. The summed E-state index contributed by atoms with van der Waals surface area (Å²) in [6.07, 6.45) is 0. The third-order valence-corrected chi connectivity index (χ3v) is 2.45. The molecule has 1 saturated heterocycles. The second-order valence-corrected chi connectivity index (χ2v) is 3.33. The Morgan fingerprint density at radius 1 is 1.44 bits per heavy atom. The molecule has 0 saturated carbocycles. The van der Waals surface area contributed by atoms with Gasteiger partial charge in [0.25, 0.3) is 0 Å². The highest BCUT2D eigenvalue weighted by molar-refractivity contribution is 4.92. The molecule has 0 bridgehead atoms. The number of hydrogen-bond acceptors (Lipinski definition) is 2. The number of nitrogens with one attached hydrogen (secondary N) is 2. The third-order valence-electron chi connectivity index (χ3n) is 2.45. The second-order valence-electron chi connectivity index (χ2n) is 3.33. The summed E-state index contributed by atoms with van der Waals surface area (Å²) in [5, 5.41) is 6.56. The van der Waals surface area contributed by atoms with Crippen molar-refractivity contribution in [1.82, 2.24) is 10.6 Å². The van der Waals surface area contributed by atoms with Crippen LogP contribution in [0.25, 0.3) is 0 Å². The molecule has 1 fully saturated rings. The largest absolute Gasteiger partial charge is 0.316 e. The maximum absolute atomic E-state index is 3.30. The maximum atomic E-state index is 3.30. The average molecular weight is 128 g/mol. The van der Waals surface area contributed by atoms with Gasteiger partial charge in [-0.2, -0.15) is 0 Å². The van der Waals surface area contributed by atoms with Crippen molar-refractivity contribution in [2.45, 2.75) is 19.4 Å². The van der Waals surface area contributed by atoms with Crippen LogP contribution < -0.4 is 10.6 Å². The summed E-state index contributed by atoms with van der Waals surface area (Å²) in [6.45, 7) is 6.85. The lowest BCUT2D eigenvalue weighted by molar-refractivity contribution is 0.192. The standard InChI is InChI=1S/C7H16N2/c1-7(2,8-3)6-4-9-5-6/h6,8-9H,4-5H2,1-3H3. The van der Waals surface area contributed by atoms with Crippen molar-refractivity contribution >= 4 is 0 Å². The lowest BCUT2D eigenvalue weighted by Gasteiger charge is -2.40. The van der Waals surface area contributed by atoms with Gasteiger partial charge in [-0.05, 0) is 20.9 Å². The fourth-order valence-electron chi connectivity index (χ4n) is 1.00. The molecule has 1 heterocycles. The van der Waals surface area contributed by atoms with Crippen molar-refractivity contribution in [3.8, 4) is 0 Å². The van der Waals surface area contributed by atoms with Gasteiger partial charge in [0.05, 0.1) is 0 Å². The van der Waals surface area contributed by atoms with Crippen LogP contribution in [0.15, 0.2) is 0 Å². The fraction of sp³-hybridized carbons (Fsp3) is 1.00. The molecule has 0 unspecified atom stereocenters. The molecular formula is C7H16N2. The van der Waals surface area contributed by atoms with Crippen LogP contribution in [0.5, 0.6) is 0 Å². The van der Waals surface area contributed by atoms with Crippen LogP contribution in [0.4, 0.5) is 0 Å². The zero-order chi connectivity index (χ0) is 6.91. The van der Waals surface area contributed by atoms with Crippen LogP contribution in [-0.4, -0.2) is 25.7 Å². The highest BCUT2D eigenvalue weighted by Crippen LogP contribution is 2.19. The Morgan fingerprint density at radius 3 is 2.11 bits per heavy atom. The molecule has 54 valence electrons. The summed E-state index contributed by atoms with van der Waals surface area (Å²) < 4.78 is 0. The number of rotatable bonds is 2. The van der Waals surface area contributed by atoms with E-state index in [0.717, 1.165) is 5.92 Å². The Kier molecular flexibility index (Phi) is 1.78. The lowest BCUT2D eigenvalue weighted by atomic mass is 9.83. The van der Waals surface area contributed by atoms with Crippen LogP contribution in [0.2, 0.25) is 0 Å². The van der Waals surface area contributed by atoms with Crippen molar-refractivity contribution in [2.24, 2.45) is 5.92 Å². The van der Waals surface area contributed by atoms with E-state index in [9.17, 15) is 0 Å². The molecule has 0 aliphatic carbocycles. The predicted molar refractivity (Wildman–Crippen MR) is 39.5 cm³/mol. The van der Waals surface area contributed by atoms with Crippen molar-refractivity contribution in [1.29, 1.82) is 0 Å². The van der Waals surface area contributed by atoms with Crippen LogP contribution in [0, 0.1) is 5.92 Å². The normalized spacial score (nSPS) is 21.7. The molecule has 0 radical (unpaired) electrons. The Hall–Kier alpha value is -0.0800. The van der Waals surface area contributed by atoms with Gasteiger partial charge in [0.15, 0.2) is 0 Å². The molecule has 0 amide bonds. The van der Waals surface area contributed by atoms with E-state index >= 15 is 0 Å². The van der Waals surface area contributed by atoms with E-state index in [0.29, 0.717) is 5.54 Å². The van der Waals surface area contributed by atoms with Crippen LogP contribution >= 0.6 is 0 Å². The molecular weight excluding hydrogens is 112 g/mol. The minimum atomic E-state index is 0.325. The first-order valence-electron chi connectivity index (χ1n) is 3.56. The molecule has 9 heavy (non-hydrogen) atoms. The van der Waals surface area contributed by atoms with Gasteiger partial charge in [-0.3, -0.25) is 0 Å².